The molecule has 9 heteroatoms. The molecule has 3 heterocycles. The van der Waals surface area contributed by atoms with E-state index in [1.165, 1.54) is 30.8 Å². The monoisotopic (exact) mass is 424 g/mol. The lowest BCUT2D eigenvalue weighted by atomic mass is 10.2. The number of aryl methyl sites for hydroxylation is 2. The summed E-state index contributed by atoms with van der Waals surface area (Å²) in [6, 6.07) is 8.46. The van der Waals surface area contributed by atoms with Crippen molar-refractivity contribution in [2.45, 2.75) is 25.9 Å². The summed E-state index contributed by atoms with van der Waals surface area (Å²) in [6.45, 7) is 3.09. The fraction of sp³-hybridized carbons (Fsp3) is 0.364. The molecule has 3 aromatic rings. The maximum Gasteiger partial charge on any atom is 0.332 e. The lowest BCUT2D eigenvalue weighted by molar-refractivity contribution is 0.0681. The zero-order valence-electron chi connectivity index (χ0n) is 17.7. The van der Waals surface area contributed by atoms with Gasteiger partial charge in [0.15, 0.2) is 0 Å². The first-order valence-corrected chi connectivity index (χ1v) is 10.1. The van der Waals surface area contributed by atoms with E-state index in [2.05, 4.69) is 10.3 Å². The van der Waals surface area contributed by atoms with Crippen LogP contribution in [0.15, 0.2) is 39.9 Å². The Hall–Kier alpha value is -3.46. The summed E-state index contributed by atoms with van der Waals surface area (Å²) in [7, 11) is 2.91. The molecule has 1 aliphatic rings. The minimum absolute atomic E-state index is 0.0510. The van der Waals surface area contributed by atoms with Crippen molar-refractivity contribution in [3.63, 3.8) is 0 Å². The Morgan fingerprint density at radius 3 is 2.77 bits per heavy atom. The Kier molecular flexibility index (Phi) is 5.60. The molecule has 9 nitrogen and oxygen atoms in total. The van der Waals surface area contributed by atoms with Gasteiger partial charge in [0.2, 0.25) is 0 Å². The molecule has 4 rings (SSSR count). The highest BCUT2D eigenvalue weighted by atomic mass is 16.5. The van der Waals surface area contributed by atoms with E-state index < -0.39 is 17.2 Å². The Balaban J connectivity index is 1.61. The molecule has 1 amide bonds. The molecule has 2 aromatic heterocycles. The number of aromatic nitrogens is 3. The highest BCUT2D eigenvalue weighted by Gasteiger charge is 2.19. The van der Waals surface area contributed by atoms with Crippen LogP contribution >= 0.6 is 0 Å². The second-order valence-electron chi connectivity index (χ2n) is 7.67. The molecule has 1 fully saturated rings. The third kappa shape index (κ3) is 4.09. The zero-order chi connectivity index (χ0) is 22.1. The van der Waals surface area contributed by atoms with Gasteiger partial charge in [-0.1, -0.05) is 6.07 Å². The minimum atomic E-state index is -0.508. The van der Waals surface area contributed by atoms with Gasteiger partial charge in [0, 0.05) is 20.7 Å². The third-order valence-corrected chi connectivity index (χ3v) is 5.37. The van der Waals surface area contributed by atoms with Crippen LogP contribution in [0.5, 0.6) is 5.75 Å². The smallest absolute Gasteiger partial charge is 0.332 e. The normalized spacial score (nSPS) is 15.9. The zero-order valence-corrected chi connectivity index (χ0v) is 17.7. The molecule has 162 valence electrons. The van der Waals surface area contributed by atoms with Gasteiger partial charge in [0.25, 0.3) is 11.5 Å². The summed E-state index contributed by atoms with van der Waals surface area (Å²) >= 11 is 0. The van der Waals surface area contributed by atoms with Crippen molar-refractivity contribution in [3.8, 4) is 5.75 Å². The van der Waals surface area contributed by atoms with Crippen LogP contribution in [0, 0.1) is 6.92 Å². The van der Waals surface area contributed by atoms with Gasteiger partial charge in [-0.3, -0.25) is 18.7 Å². The van der Waals surface area contributed by atoms with E-state index in [4.69, 9.17) is 9.47 Å². The van der Waals surface area contributed by atoms with Crippen LogP contribution in [-0.4, -0.2) is 39.3 Å². The largest absolute Gasteiger partial charge is 0.489 e. The number of carbonyl (C=O) groups is 1. The van der Waals surface area contributed by atoms with Crippen molar-refractivity contribution >= 4 is 22.6 Å². The van der Waals surface area contributed by atoms with Crippen LogP contribution < -0.4 is 21.3 Å². The van der Waals surface area contributed by atoms with Gasteiger partial charge in [-0.2, -0.15) is 0 Å². The highest BCUT2D eigenvalue weighted by Crippen LogP contribution is 2.27. The SMILES string of the molecule is Cc1ccc(NC(=O)c2ccc3c(=O)n(C)c(=O)n(C)c3n2)c(OCC2CCCO2)c1. The molecule has 1 aliphatic heterocycles. The predicted octanol–water partition coefficient (Wildman–Crippen LogP) is 1.75. The van der Waals surface area contributed by atoms with Crippen LogP contribution in [0.2, 0.25) is 0 Å². The lowest BCUT2D eigenvalue weighted by Crippen LogP contribution is -2.37. The molecule has 1 aromatic carbocycles. The first kappa shape index (κ1) is 20.8. The summed E-state index contributed by atoms with van der Waals surface area (Å²) in [5.41, 5.74) is 0.774. The second-order valence-corrected chi connectivity index (χ2v) is 7.67. The van der Waals surface area contributed by atoms with Gasteiger partial charge in [-0.15, -0.1) is 0 Å². The lowest BCUT2D eigenvalue weighted by Gasteiger charge is -2.16. The fourth-order valence-electron chi connectivity index (χ4n) is 3.58. The van der Waals surface area contributed by atoms with E-state index in [-0.39, 0.29) is 22.8 Å². The quantitative estimate of drug-likeness (QED) is 0.669. The summed E-state index contributed by atoms with van der Waals surface area (Å²) in [4.78, 5) is 41.7. The van der Waals surface area contributed by atoms with Gasteiger partial charge >= 0.3 is 5.69 Å². The Morgan fingerprint density at radius 1 is 1.23 bits per heavy atom. The molecular formula is C22H24N4O5. The van der Waals surface area contributed by atoms with E-state index in [9.17, 15) is 14.4 Å². The maximum absolute atomic E-state index is 12.9. The van der Waals surface area contributed by atoms with Crippen LogP contribution in [0.4, 0.5) is 5.69 Å². The van der Waals surface area contributed by atoms with E-state index in [1.807, 2.05) is 19.1 Å². The molecule has 31 heavy (non-hydrogen) atoms. The predicted molar refractivity (Wildman–Crippen MR) is 116 cm³/mol. The highest BCUT2D eigenvalue weighted by molar-refractivity contribution is 6.04. The number of nitrogens with zero attached hydrogens (tertiary/aromatic N) is 3. The summed E-state index contributed by atoms with van der Waals surface area (Å²) in [6.07, 6.45) is 2.02. The number of pyridine rings is 1. The van der Waals surface area contributed by atoms with Gasteiger partial charge < -0.3 is 14.8 Å². The van der Waals surface area contributed by atoms with Crippen LogP contribution in [0.3, 0.4) is 0 Å². The number of ether oxygens (including phenoxy) is 2. The summed E-state index contributed by atoms with van der Waals surface area (Å²) in [5.74, 6) is 0.0757. The molecule has 1 atom stereocenters. The van der Waals surface area contributed by atoms with Crippen molar-refractivity contribution in [1.29, 1.82) is 0 Å². The first-order valence-electron chi connectivity index (χ1n) is 10.1. The summed E-state index contributed by atoms with van der Waals surface area (Å²) < 4.78 is 13.8. The number of benzene rings is 1. The molecule has 1 unspecified atom stereocenters. The van der Waals surface area contributed by atoms with Crippen molar-refractivity contribution in [2.75, 3.05) is 18.5 Å². The molecule has 0 bridgehead atoms. The number of fused-ring (bicyclic) bond motifs is 1. The van der Waals surface area contributed by atoms with E-state index in [0.29, 0.717) is 18.0 Å². The number of nitrogens with one attached hydrogen (secondary N) is 1. The standard InChI is InChI=1S/C22H24N4O5/c1-13-6-8-16(18(11-13)31-12-14-5-4-10-30-14)24-20(27)17-9-7-15-19(23-17)25(2)22(29)26(3)21(15)28/h6-9,11,14H,4-5,10,12H2,1-3H3,(H,24,27). The van der Waals surface area contributed by atoms with Crippen molar-refractivity contribution in [2.24, 2.45) is 14.1 Å². The average Bonchev–Trinajstić information content (AvgIpc) is 3.29. The molecule has 0 saturated carbocycles. The van der Waals surface area contributed by atoms with Crippen molar-refractivity contribution in [3.05, 3.63) is 62.4 Å². The van der Waals surface area contributed by atoms with Gasteiger partial charge in [0.05, 0.1) is 17.2 Å². The Morgan fingerprint density at radius 2 is 2.03 bits per heavy atom. The van der Waals surface area contributed by atoms with Crippen molar-refractivity contribution < 1.29 is 14.3 Å². The number of hydrogen-bond acceptors (Lipinski definition) is 6. The molecular weight excluding hydrogens is 400 g/mol. The Bertz CT molecular complexity index is 1270. The average molecular weight is 424 g/mol. The molecule has 1 saturated heterocycles. The molecule has 1 N–H and O–H groups in total. The molecule has 0 aliphatic carbocycles. The van der Waals surface area contributed by atoms with Gasteiger partial charge in [-0.05, 0) is 49.6 Å². The fourth-order valence-corrected chi connectivity index (χ4v) is 3.58. The van der Waals surface area contributed by atoms with E-state index >= 15 is 0 Å². The third-order valence-electron chi connectivity index (χ3n) is 5.37. The van der Waals surface area contributed by atoms with Gasteiger partial charge in [0.1, 0.15) is 23.7 Å². The van der Waals surface area contributed by atoms with Gasteiger partial charge in [-0.25, -0.2) is 9.78 Å². The van der Waals surface area contributed by atoms with E-state index in [1.54, 1.807) is 6.07 Å². The molecule has 0 spiro atoms. The van der Waals surface area contributed by atoms with Crippen LogP contribution in [0.1, 0.15) is 28.9 Å². The van der Waals surface area contributed by atoms with Crippen molar-refractivity contribution in [1.82, 2.24) is 14.1 Å². The number of hydrogen-bond donors (Lipinski definition) is 1. The first-order chi connectivity index (χ1) is 14.8. The second kappa shape index (κ2) is 8.35. The number of amides is 1. The topological polar surface area (TPSA) is 104 Å². The maximum atomic E-state index is 12.9. The number of rotatable bonds is 5. The molecule has 0 radical (unpaired) electrons. The number of anilines is 1. The van der Waals surface area contributed by atoms with E-state index in [0.717, 1.165) is 29.6 Å². The van der Waals surface area contributed by atoms with Crippen LogP contribution in [0.25, 0.3) is 11.0 Å². The van der Waals surface area contributed by atoms with Crippen LogP contribution in [-0.2, 0) is 18.8 Å². The summed E-state index contributed by atoms with van der Waals surface area (Å²) in [5, 5.41) is 3.08. The Labute approximate surface area is 178 Å². The minimum Gasteiger partial charge on any atom is -0.489 e. The number of carbonyl (C=O) groups excluding carboxylic acids is 1.